The van der Waals surface area contributed by atoms with Gasteiger partial charge in [-0.2, -0.15) is 0 Å². The minimum absolute atomic E-state index is 0.242. The average Bonchev–Trinajstić information content (AvgIpc) is 2.34. The summed E-state index contributed by atoms with van der Waals surface area (Å²) in [4.78, 5) is 3.91. The Balaban J connectivity index is 2.50. The van der Waals surface area contributed by atoms with E-state index in [1.54, 1.807) is 18.2 Å². The fraction of sp³-hybridized carbons (Fsp3) is 0.0833. The molecule has 1 aromatic carbocycles. The molecule has 18 heavy (non-hydrogen) atoms. The fourth-order valence-corrected chi connectivity index (χ4v) is 2.18. The van der Waals surface area contributed by atoms with Crippen molar-refractivity contribution in [1.29, 1.82) is 0 Å². The van der Waals surface area contributed by atoms with Crippen molar-refractivity contribution in [2.24, 2.45) is 5.73 Å². The van der Waals surface area contributed by atoms with E-state index in [2.05, 4.69) is 20.9 Å². The third-order valence-electron chi connectivity index (χ3n) is 2.54. The van der Waals surface area contributed by atoms with Crippen LogP contribution in [-0.4, -0.2) is 4.98 Å². The van der Waals surface area contributed by atoms with Gasteiger partial charge >= 0.3 is 0 Å². The molecule has 0 aliphatic rings. The lowest BCUT2D eigenvalue weighted by Crippen LogP contribution is -2.16. The van der Waals surface area contributed by atoms with Crippen molar-refractivity contribution in [2.75, 3.05) is 5.73 Å². The van der Waals surface area contributed by atoms with Crippen molar-refractivity contribution >= 4 is 33.3 Å². The van der Waals surface area contributed by atoms with Gasteiger partial charge in [0.2, 0.25) is 0 Å². The molecule has 0 fully saturated rings. The normalized spacial score (nSPS) is 12.4. The third-order valence-corrected chi connectivity index (χ3v) is 3.24. The van der Waals surface area contributed by atoms with Gasteiger partial charge in [0.25, 0.3) is 0 Å². The Kier molecular flexibility index (Phi) is 3.85. The number of nitrogens with zero attached hydrogens (tertiary/aromatic N) is 1. The first kappa shape index (κ1) is 13.3. The summed E-state index contributed by atoms with van der Waals surface area (Å²) >= 11 is 9.12. The second-order valence-corrected chi connectivity index (χ2v) is 5.12. The molecule has 3 nitrogen and oxygen atoms in total. The molecule has 1 heterocycles. The average molecular weight is 331 g/mol. The van der Waals surface area contributed by atoms with Crippen LogP contribution in [0.15, 0.2) is 34.9 Å². The molecule has 4 N–H and O–H groups in total. The van der Waals surface area contributed by atoms with Gasteiger partial charge in [0.15, 0.2) is 0 Å². The number of halogens is 3. The number of anilines is 1. The zero-order valence-corrected chi connectivity index (χ0v) is 11.5. The first-order chi connectivity index (χ1) is 8.49. The number of nitrogen functional groups attached to an aromatic ring is 1. The monoisotopic (exact) mass is 329 g/mol. The van der Waals surface area contributed by atoms with Crippen LogP contribution in [-0.2, 0) is 0 Å². The number of hydrogen-bond acceptors (Lipinski definition) is 3. The molecule has 94 valence electrons. The van der Waals surface area contributed by atoms with Gasteiger partial charge in [0, 0.05) is 21.8 Å². The van der Waals surface area contributed by atoms with Crippen LogP contribution in [0.1, 0.15) is 17.2 Å². The van der Waals surface area contributed by atoms with Crippen molar-refractivity contribution in [3.8, 4) is 0 Å². The molecule has 1 unspecified atom stereocenters. The summed E-state index contributed by atoms with van der Waals surface area (Å²) in [7, 11) is 0. The van der Waals surface area contributed by atoms with Gasteiger partial charge in [0.1, 0.15) is 11.6 Å². The summed E-state index contributed by atoms with van der Waals surface area (Å²) < 4.78 is 14.5. The highest BCUT2D eigenvalue weighted by molar-refractivity contribution is 9.10. The highest BCUT2D eigenvalue weighted by atomic mass is 79.9. The molecule has 0 radical (unpaired) electrons. The SMILES string of the molecule is Nc1ncc(Cl)cc1C(N)c1cc(Br)ccc1F. The molecule has 0 spiro atoms. The highest BCUT2D eigenvalue weighted by Gasteiger charge is 2.17. The Morgan fingerprint density at radius 3 is 2.72 bits per heavy atom. The van der Waals surface area contributed by atoms with Gasteiger partial charge in [-0.3, -0.25) is 0 Å². The summed E-state index contributed by atoms with van der Waals surface area (Å²) in [6.45, 7) is 0. The smallest absolute Gasteiger partial charge is 0.128 e. The molecule has 0 aliphatic carbocycles. The van der Waals surface area contributed by atoms with Crippen LogP contribution in [0, 0.1) is 5.82 Å². The van der Waals surface area contributed by atoms with Gasteiger partial charge in [-0.05, 0) is 24.3 Å². The zero-order valence-electron chi connectivity index (χ0n) is 9.20. The van der Waals surface area contributed by atoms with E-state index in [0.29, 0.717) is 16.1 Å². The summed E-state index contributed by atoms with van der Waals surface area (Å²) in [6.07, 6.45) is 1.42. The van der Waals surface area contributed by atoms with Crippen LogP contribution in [0.5, 0.6) is 0 Å². The van der Waals surface area contributed by atoms with Crippen molar-refractivity contribution in [2.45, 2.75) is 6.04 Å². The molecule has 0 bridgehead atoms. The Labute approximate surface area is 117 Å². The van der Waals surface area contributed by atoms with E-state index in [-0.39, 0.29) is 5.82 Å². The molecular formula is C12H10BrClFN3. The van der Waals surface area contributed by atoms with Crippen LogP contribution in [0.4, 0.5) is 10.2 Å². The maximum absolute atomic E-state index is 13.7. The van der Waals surface area contributed by atoms with E-state index in [1.807, 2.05) is 0 Å². The number of benzene rings is 1. The Hall–Kier alpha value is -1.17. The fourth-order valence-electron chi connectivity index (χ4n) is 1.64. The lowest BCUT2D eigenvalue weighted by atomic mass is 10.00. The number of rotatable bonds is 2. The number of nitrogens with two attached hydrogens (primary N) is 2. The lowest BCUT2D eigenvalue weighted by molar-refractivity contribution is 0.599. The molecule has 0 saturated carbocycles. The van der Waals surface area contributed by atoms with E-state index < -0.39 is 11.9 Å². The third kappa shape index (κ3) is 2.63. The molecule has 2 rings (SSSR count). The maximum Gasteiger partial charge on any atom is 0.128 e. The molecular weight excluding hydrogens is 321 g/mol. The summed E-state index contributed by atoms with van der Waals surface area (Å²) in [5, 5.41) is 0.407. The predicted octanol–water partition coefficient (Wildman–Crippen LogP) is 3.27. The van der Waals surface area contributed by atoms with Gasteiger partial charge in [-0.25, -0.2) is 9.37 Å². The van der Waals surface area contributed by atoms with E-state index in [9.17, 15) is 4.39 Å². The molecule has 0 saturated heterocycles. The van der Waals surface area contributed by atoms with Gasteiger partial charge < -0.3 is 11.5 Å². The van der Waals surface area contributed by atoms with Crippen LogP contribution in [0.25, 0.3) is 0 Å². The standard InChI is InChI=1S/C12H10BrClFN3/c13-6-1-2-10(15)8(3-6)11(16)9-4-7(14)5-18-12(9)17/h1-5,11H,16H2,(H2,17,18). The topological polar surface area (TPSA) is 64.9 Å². The molecule has 1 atom stereocenters. The lowest BCUT2D eigenvalue weighted by Gasteiger charge is -2.15. The Morgan fingerprint density at radius 1 is 1.28 bits per heavy atom. The van der Waals surface area contributed by atoms with Gasteiger partial charge in [0.05, 0.1) is 11.1 Å². The predicted molar refractivity (Wildman–Crippen MR) is 73.8 cm³/mol. The largest absolute Gasteiger partial charge is 0.383 e. The molecule has 0 amide bonds. The first-order valence-electron chi connectivity index (χ1n) is 5.10. The van der Waals surface area contributed by atoms with E-state index >= 15 is 0 Å². The summed E-state index contributed by atoms with van der Waals surface area (Å²) in [6, 6.07) is 5.43. The van der Waals surface area contributed by atoms with Crippen molar-refractivity contribution < 1.29 is 4.39 Å². The number of aromatic nitrogens is 1. The number of pyridine rings is 1. The summed E-state index contributed by atoms with van der Waals surface area (Å²) in [5.74, 6) is -0.156. The van der Waals surface area contributed by atoms with E-state index in [4.69, 9.17) is 23.1 Å². The van der Waals surface area contributed by atoms with Crippen LogP contribution in [0.2, 0.25) is 5.02 Å². The minimum atomic E-state index is -0.714. The van der Waals surface area contributed by atoms with Crippen LogP contribution < -0.4 is 11.5 Å². The molecule has 6 heteroatoms. The quantitative estimate of drug-likeness (QED) is 0.888. The van der Waals surface area contributed by atoms with Crippen LogP contribution in [0.3, 0.4) is 0 Å². The van der Waals surface area contributed by atoms with Crippen molar-refractivity contribution in [1.82, 2.24) is 4.98 Å². The Morgan fingerprint density at radius 2 is 2.00 bits per heavy atom. The van der Waals surface area contributed by atoms with Gasteiger partial charge in [-0.1, -0.05) is 27.5 Å². The second kappa shape index (κ2) is 5.22. The Bertz CT molecular complexity index is 540. The molecule has 2 aromatic rings. The minimum Gasteiger partial charge on any atom is -0.383 e. The van der Waals surface area contributed by atoms with Crippen molar-refractivity contribution in [3.63, 3.8) is 0 Å². The number of hydrogen-bond donors (Lipinski definition) is 2. The van der Waals surface area contributed by atoms with Crippen molar-refractivity contribution in [3.05, 3.63) is 56.9 Å². The highest BCUT2D eigenvalue weighted by Crippen LogP contribution is 2.29. The van der Waals surface area contributed by atoms with E-state index in [0.717, 1.165) is 4.47 Å². The maximum atomic E-state index is 13.7. The van der Waals surface area contributed by atoms with Crippen LogP contribution >= 0.6 is 27.5 Å². The van der Waals surface area contributed by atoms with Gasteiger partial charge in [-0.15, -0.1) is 0 Å². The molecule has 1 aromatic heterocycles. The zero-order chi connectivity index (χ0) is 13.3. The van der Waals surface area contributed by atoms with E-state index in [1.165, 1.54) is 12.3 Å². The summed E-state index contributed by atoms with van der Waals surface area (Å²) in [5.41, 5.74) is 12.6. The second-order valence-electron chi connectivity index (χ2n) is 3.77. The first-order valence-corrected chi connectivity index (χ1v) is 6.27. The molecule has 0 aliphatic heterocycles.